The Hall–Kier alpha value is -1.22. The zero-order valence-corrected chi connectivity index (χ0v) is 21.6. The van der Waals surface area contributed by atoms with Gasteiger partial charge in [-0.3, -0.25) is 4.79 Å². The molecule has 6 atom stereocenters. The van der Waals surface area contributed by atoms with Gasteiger partial charge in [0.2, 0.25) is 10.0 Å². The number of carbonyl (C=O) groups excluding carboxylic acids is 1. The fourth-order valence-corrected chi connectivity index (χ4v) is 7.64. The molecule has 6 nitrogen and oxygen atoms in total. The minimum absolute atomic E-state index is 0.0534. The van der Waals surface area contributed by atoms with Gasteiger partial charge in [-0.25, -0.2) is 13.1 Å². The average Bonchev–Trinajstić information content (AvgIpc) is 3.49. The molecule has 1 N–H and O–H groups in total. The Balaban J connectivity index is 1.32. The highest BCUT2D eigenvalue weighted by atomic mass is 32.2. The summed E-state index contributed by atoms with van der Waals surface area (Å²) in [5, 5.41) is 0. The van der Waals surface area contributed by atoms with E-state index >= 15 is 0 Å². The average molecular weight is 487 g/mol. The lowest BCUT2D eigenvalue weighted by Gasteiger charge is -2.64. The molecule has 0 spiro atoms. The fourth-order valence-electron chi connectivity index (χ4n) is 6.90. The third-order valence-corrected chi connectivity index (χ3v) is 9.89. The van der Waals surface area contributed by atoms with Gasteiger partial charge in [0.1, 0.15) is 0 Å². The number of hydrogen-bond donors (Lipinski definition) is 1. The van der Waals surface area contributed by atoms with Crippen molar-refractivity contribution >= 4 is 22.9 Å². The summed E-state index contributed by atoms with van der Waals surface area (Å²) in [5.74, 6) is 1.62. The van der Waals surface area contributed by atoms with Crippen LogP contribution in [-0.4, -0.2) is 45.3 Å². The molecule has 34 heavy (non-hydrogen) atoms. The molecular weight excluding hydrogens is 449 g/mol. The van der Waals surface area contributed by atoms with Gasteiger partial charge in [0, 0.05) is 12.2 Å². The van der Waals surface area contributed by atoms with Crippen LogP contribution in [0.5, 0.6) is 0 Å². The van der Waals surface area contributed by atoms with Gasteiger partial charge in [0.25, 0.3) is 0 Å². The Kier molecular flexibility index (Phi) is 6.28. The maximum absolute atomic E-state index is 13.5. The third-order valence-electron chi connectivity index (χ3n) is 9.18. The normalized spacial score (nSPS) is 33.6. The van der Waals surface area contributed by atoms with Gasteiger partial charge in [-0.05, 0) is 61.3 Å². The number of benzene rings is 1. The second-order valence-electron chi connectivity index (χ2n) is 12.1. The van der Waals surface area contributed by atoms with E-state index in [0.717, 1.165) is 24.7 Å². The van der Waals surface area contributed by atoms with Crippen LogP contribution in [0.15, 0.2) is 30.3 Å². The highest BCUT2D eigenvalue weighted by molar-refractivity contribution is 7.88. The van der Waals surface area contributed by atoms with Crippen LogP contribution in [0.2, 0.25) is 5.82 Å². The molecule has 1 saturated heterocycles. The van der Waals surface area contributed by atoms with Crippen LogP contribution in [0.3, 0.4) is 0 Å². The van der Waals surface area contributed by atoms with Gasteiger partial charge in [-0.15, -0.1) is 0 Å². The van der Waals surface area contributed by atoms with Crippen molar-refractivity contribution in [3.8, 4) is 0 Å². The minimum Gasteiger partial charge on any atom is -0.405 e. The van der Waals surface area contributed by atoms with Crippen LogP contribution < -0.4 is 4.72 Å². The Morgan fingerprint density at radius 2 is 1.88 bits per heavy atom. The van der Waals surface area contributed by atoms with Crippen molar-refractivity contribution in [2.45, 2.75) is 89.3 Å². The lowest BCUT2D eigenvalue weighted by Crippen LogP contribution is -2.65. The SMILES string of the molecule is CC1(C)[C@@H]2C[C@H]3OB(C(CC(=O)C(Cc4ccccc4)NS(C)(=O)=O)CC4CC4)O[C@@]3(C)[C@H]1C2. The van der Waals surface area contributed by atoms with Crippen molar-refractivity contribution < 1.29 is 22.5 Å². The van der Waals surface area contributed by atoms with Gasteiger partial charge in [0.05, 0.1) is 24.0 Å². The summed E-state index contributed by atoms with van der Waals surface area (Å²) < 4.78 is 40.0. The monoisotopic (exact) mass is 487 g/mol. The van der Waals surface area contributed by atoms with Crippen LogP contribution in [0.25, 0.3) is 0 Å². The van der Waals surface area contributed by atoms with E-state index < -0.39 is 23.2 Å². The van der Waals surface area contributed by atoms with E-state index in [-0.39, 0.29) is 35.1 Å². The van der Waals surface area contributed by atoms with Gasteiger partial charge in [-0.1, -0.05) is 57.0 Å². The van der Waals surface area contributed by atoms with E-state index in [1.807, 2.05) is 30.3 Å². The molecule has 6 rings (SSSR count). The van der Waals surface area contributed by atoms with Crippen LogP contribution in [-0.2, 0) is 30.5 Å². The highest BCUT2D eigenvalue weighted by Gasteiger charge is 2.68. The van der Waals surface area contributed by atoms with Crippen molar-refractivity contribution in [1.82, 2.24) is 4.72 Å². The van der Waals surface area contributed by atoms with Gasteiger partial charge in [0.15, 0.2) is 5.78 Å². The van der Waals surface area contributed by atoms with E-state index in [0.29, 0.717) is 24.2 Å². The number of rotatable bonds is 10. The molecular formula is C26H38BNO5S. The minimum atomic E-state index is -3.53. The second kappa shape index (κ2) is 8.72. The lowest BCUT2D eigenvalue weighted by atomic mass is 9.43. The molecule has 1 aromatic rings. The first kappa shape index (κ1) is 24.5. The number of Topliss-reactive ketones (excluding diaryl/α,β-unsaturated/α-hetero) is 1. The molecule has 0 aromatic heterocycles. The number of hydrogen-bond acceptors (Lipinski definition) is 5. The van der Waals surface area contributed by atoms with E-state index in [9.17, 15) is 13.2 Å². The summed E-state index contributed by atoms with van der Waals surface area (Å²) >= 11 is 0. The van der Waals surface area contributed by atoms with E-state index in [2.05, 4.69) is 25.5 Å². The quantitative estimate of drug-likeness (QED) is 0.505. The number of nitrogens with one attached hydrogen (secondary N) is 1. The summed E-state index contributed by atoms with van der Waals surface area (Å²) in [6.07, 6.45) is 7.29. The van der Waals surface area contributed by atoms with Gasteiger partial charge < -0.3 is 9.31 Å². The maximum atomic E-state index is 13.5. The lowest BCUT2D eigenvalue weighted by molar-refractivity contribution is -0.199. The predicted octanol–water partition coefficient (Wildman–Crippen LogP) is 4.00. The Bertz CT molecular complexity index is 1030. The van der Waals surface area contributed by atoms with E-state index in [1.54, 1.807) is 0 Å². The first-order valence-corrected chi connectivity index (χ1v) is 14.7. The largest absolute Gasteiger partial charge is 0.461 e. The van der Waals surface area contributed by atoms with Crippen molar-refractivity contribution in [2.24, 2.45) is 23.2 Å². The fraction of sp³-hybridized carbons (Fsp3) is 0.731. The predicted molar refractivity (Wildman–Crippen MR) is 133 cm³/mol. The standard InChI is InChI=1S/C26H38BNO5S/c1-25(2)19-14-23(25)26(3)24(15-19)32-27(33-26)20(12-18-10-11-18)16-22(29)21(28-34(4,30)31)13-17-8-6-5-7-9-17/h5-9,18-21,23-24,28H,10-16H2,1-4H3/t19-,20?,21?,23-,24+,26-/m0/s1. The van der Waals surface area contributed by atoms with Crippen molar-refractivity contribution in [3.05, 3.63) is 35.9 Å². The molecule has 186 valence electrons. The molecule has 0 radical (unpaired) electrons. The molecule has 5 aliphatic rings. The number of ketones is 1. The molecule has 5 fully saturated rings. The molecule has 1 aliphatic heterocycles. The molecule has 1 heterocycles. The summed E-state index contributed by atoms with van der Waals surface area (Å²) in [4.78, 5) is 13.5. The molecule has 0 amide bonds. The summed E-state index contributed by atoms with van der Waals surface area (Å²) in [5.41, 5.74) is 0.901. The number of carbonyl (C=O) groups is 1. The maximum Gasteiger partial charge on any atom is 0.461 e. The Labute approximate surface area is 204 Å². The second-order valence-corrected chi connectivity index (χ2v) is 13.9. The first-order chi connectivity index (χ1) is 16.0. The molecule has 2 bridgehead atoms. The van der Waals surface area contributed by atoms with Crippen molar-refractivity contribution in [1.29, 1.82) is 0 Å². The molecule has 1 aromatic carbocycles. The molecule has 8 heteroatoms. The third kappa shape index (κ3) is 4.76. The van der Waals surface area contributed by atoms with Crippen LogP contribution in [0.1, 0.15) is 64.9 Å². The van der Waals surface area contributed by atoms with Gasteiger partial charge >= 0.3 is 7.12 Å². The van der Waals surface area contributed by atoms with E-state index in [4.69, 9.17) is 9.31 Å². The number of sulfonamides is 1. The Morgan fingerprint density at radius 3 is 2.50 bits per heavy atom. The van der Waals surface area contributed by atoms with Crippen LogP contribution >= 0.6 is 0 Å². The van der Waals surface area contributed by atoms with E-state index in [1.165, 1.54) is 19.3 Å². The van der Waals surface area contributed by atoms with Crippen molar-refractivity contribution in [2.75, 3.05) is 6.26 Å². The first-order valence-electron chi connectivity index (χ1n) is 12.8. The van der Waals surface area contributed by atoms with Crippen LogP contribution in [0.4, 0.5) is 0 Å². The smallest absolute Gasteiger partial charge is 0.405 e. The highest BCUT2D eigenvalue weighted by Crippen LogP contribution is 2.66. The molecule has 4 saturated carbocycles. The van der Waals surface area contributed by atoms with Gasteiger partial charge in [-0.2, -0.15) is 0 Å². The van der Waals surface area contributed by atoms with Crippen molar-refractivity contribution in [3.63, 3.8) is 0 Å². The topological polar surface area (TPSA) is 81.7 Å². The Morgan fingerprint density at radius 1 is 1.18 bits per heavy atom. The molecule has 4 aliphatic carbocycles. The zero-order chi connectivity index (χ0) is 24.3. The molecule has 2 unspecified atom stereocenters. The summed E-state index contributed by atoms with van der Waals surface area (Å²) in [7, 11) is -3.93. The van der Waals surface area contributed by atoms with Crippen LogP contribution in [0, 0.1) is 23.2 Å². The zero-order valence-electron chi connectivity index (χ0n) is 20.8. The summed E-state index contributed by atoms with van der Waals surface area (Å²) in [6, 6.07) is 8.79. The summed E-state index contributed by atoms with van der Waals surface area (Å²) in [6.45, 7) is 6.90.